The second-order valence-electron chi connectivity index (χ2n) is 3.08. The van der Waals surface area contributed by atoms with Crippen LogP contribution in [0.3, 0.4) is 0 Å². The first-order valence-electron chi connectivity index (χ1n) is 4.49. The van der Waals surface area contributed by atoms with Gasteiger partial charge < -0.3 is 12.9 Å². The fourth-order valence-corrected chi connectivity index (χ4v) is 1.08. The van der Waals surface area contributed by atoms with Gasteiger partial charge in [-0.3, -0.25) is 0 Å². The summed E-state index contributed by atoms with van der Waals surface area (Å²) >= 11 is 0. The van der Waals surface area contributed by atoms with Gasteiger partial charge in [0, 0.05) is 0 Å². The Morgan fingerprint density at radius 3 is 2.14 bits per heavy atom. The summed E-state index contributed by atoms with van der Waals surface area (Å²) in [5.74, 6) is 0.307. The summed E-state index contributed by atoms with van der Waals surface area (Å²) in [5.41, 5.74) is 1.71. The molecule has 0 aliphatic rings. The van der Waals surface area contributed by atoms with E-state index in [9.17, 15) is 12.9 Å². The van der Waals surface area contributed by atoms with Crippen molar-refractivity contribution in [3.63, 3.8) is 0 Å². The van der Waals surface area contributed by atoms with Crippen molar-refractivity contribution in [1.82, 2.24) is 0 Å². The molecular weight excluding hydrogens is 188 g/mol. The van der Waals surface area contributed by atoms with E-state index in [2.05, 4.69) is 0 Å². The Morgan fingerprint density at radius 2 is 1.71 bits per heavy atom. The van der Waals surface area contributed by atoms with Crippen LogP contribution in [0.5, 0.6) is 0 Å². The van der Waals surface area contributed by atoms with Gasteiger partial charge in [-0.05, 0) is 17.5 Å². The maximum Gasteiger partial charge on any atom is 0.502 e. The zero-order valence-corrected chi connectivity index (χ0v) is 7.88. The summed E-state index contributed by atoms with van der Waals surface area (Å²) in [6.45, 7) is -2.82. The van der Waals surface area contributed by atoms with Crippen LogP contribution in [0, 0.1) is 0 Å². The van der Waals surface area contributed by atoms with Crippen LogP contribution < -0.4 is 0 Å². The van der Waals surface area contributed by atoms with Crippen LogP contribution in [0.4, 0.5) is 12.9 Å². The maximum atomic E-state index is 11.9. The molecule has 0 saturated heterocycles. The average molecular weight is 199 g/mol. The van der Waals surface area contributed by atoms with Gasteiger partial charge in [0.05, 0.1) is 0 Å². The Bertz CT molecular complexity index is 311. The van der Waals surface area contributed by atoms with E-state index in [0.29, 0.717) is 11.5 Å². The molecule has 0 aliphatic carbocycles. The fourth-order valence-electron chi connectivity index (χ4n) is 1.08. The maximum absolute atomic E-state index is 11.9. The predicted molar refractivity (Wildman–Crippen MR) is 53.9 cm³/mol. The molecule has 0 spiro atoms. The van der Waals surface area contributed by atoms with Crippen molar-refractivity contribution in [3.05, 3.63) is 41.4 Å². The molecule has 0 radical (unpaired) electrons. The van der Waals surface area contributed by atoms with Crippen LogP contribution in [-0.4, -0.2) is 6.98 Å². The van der Waals surface area contributed by atoms with Gasteiger partial charge in [-0.25, -0.2) is 0 Å². The van der Waals surface area contributed by atoms with Gasteiger partial charge in [0.2, 0.25) is 0 Å². The SMILES string of the molecule is CCc1ccc(/C=C/[B-](F)(F)F)cc1. The molecule has 0 bridgehead atoms. The van der Waals surface area contributed by atoms with E-state index in [1.54, 1.807) is 12.1 Å². The first kappa shape index (κ1) is 10.9. The number of halogens is 3. The van der Waals surface area contributed by atoms with E-state index in [1.807, 2.05) is 19.1 Å². The molecule has 0 fully saturated rings. The minimum Gasteiger partial charge on any atom is -0.445 e. The molecule has 0 heterocycles. The van der Waals surface area contributed by atoms with Crippen molar-refractivity contribution in [1.29, 1.82) is 0 Å². The molecule has 1 rings (SSSR count). The number of hydrogen-bond acceptors (Lipinski definition) is 0. The highest BCUT2D eigenvalue weighted by Gasteiger charge is 2.16. The third-order valence-electron chi connectivity index (χ3n) is 1.89. The van der Waals surface area contributed by atoms with Gasteiger partial charge in [0.15, 0.2) is 0 Å². The zero-order valence-electron chi connectivity index (χ0n) is 7.88. The number of hydrogen-bond donors (Lipinski definition) is 0. The van der Waals surface area contributed by atoms with Crippen molar-refractivity contribution in [2.45, 2.75) is 13.3 Å². The van der Waals surface area contributed by atoms with Crippen LogP contribution in [-0.2, 0) is 6.42 Å². The topological polar surface area (TPSA) is 0 Å². The Labute approximate surface area is 81.5 Å². The molecule has 4 heteroatoms. The van der Waals surface area contributed by atoms with Crippen LogP contribution in [0.25, 0.3) is 6.08 Å². The minimum atomic E-state index is -4.82. The Morgan fingerprint density at radius 1 is 1.14 bits per heavy atom. The molecule has 76 valence electrons. The molecule has 0 atom stereocenters. The number of rotatable bonds is 3. The third kappa shape index (κ3) is 3.68. The van der Waals surface area contributed by atoms with E-state index in [-0.39, 0.29) is 0 Å². The minimum absolute atomic E-state index is 0.307. The summed E-state index contributed by atoms with van der Waals surface area (Å²) < 4.78 is 35.6. The second-order valence-corrected chi connectivity index (χ2v) is 3.08. The van der Waals surface area contributed by atoms with Crippen LogP contribution in [0.2, 0.25) is 0 Å². The van der Waals surface area contributed by atoms with Gasteiger partial charge in [-0.1, -0.05) is 37.3 Å². The lowest BCUT2D eigenvalue weighted by atomic mass is 9.90. The number of aryl methyl sites for hydroxylation is 1. The van der Waals surface area contributed by atoms with E-state index >= 15 is 0 Å². The van der Waals surface area contributed by atoms with Gasteiger partial charge in [-0.2, -0.15) is 0 Å². The van der Waals surface area contributed by atoms with Gasteiger partial charge >= 0.3 is 6.98 Å². The van der Waals surface area contributed by atoms with Crippen molar-refractivity contribution in [3.8, 4) is 0 Å². The molecule has 1 aromatic carbocycles. The highest BCUT2D eigenvalue weighted by atomic mass is 19.4. The van der Waals surface area contributed by atoms with E-state index in [0.717, 1.165) is 18.1 Å². The van der Waals surface area contributed by atoms with Crippen molar-refractivity contribution < 1.29 is 12.9 Å². The van der Waals surface area contributed by atoms with Crippen molar-refractivity contribution >= 4 is 13.1 Å². The van der Waals surface area contributed by atoms with Gasteiger partial charge in [0.1, 0.15) is 0 Å². The van der Waals surface area contributed by atoms with Gasteiger partial charge in [-0.15, -0.1) is 5.98 Å². The predicted octanol–water partition coefficient (Wildman–Crippen LogP) is 3.65. The Hall–Kier alpha value is -1.19. The second kappa shape index (κ2) is 4.35. The summed E-state index contributed by atoms with van der Waals surface area (Å²) in [6.07, 6.45) is 1.99. The summed E-state index contributed by atoms with van der Waals surface area (Å²) in [5, 5.41) is 0. The highest BCUT2D eigenvalue weighted by Crippen LogP contribution is 2.13. The smallest absolute Gasteiger partial charge is 0.445 e. The normalized spacial score (nSPS) is 12.3. The molecule has 0 N–H and O–H groups in total. The van der Waals surface area contributed by atoms with Crippen LogP contribution in [0.15, 0.2) is 30.2 Å². The standard InChI is InChI=1S/C10H11BF3/c1-2-9-3-5-10(6-4-9)7-8-11(12,13)14/h3-8H,2H2,1H3/q-1/b8-7+. The summed E-state index contributed by atoms with van der Waals surface area (Å²) in [6, 6.07) is 7.06. The lowest BCUT2D eigenvalue weighted by Gasteiger charge is -2.06. The first-order chi connectivity index (χ1) is 6.51. The average Bonchev–Trinajstić information content (AvgIpc) is 2.14. The van der Waals surface area contributed by atoms with E-state index in [4.69, 9.17) is 0 Å². The number of benzene rings is 1. The molecule has 0 saturated carbocycles. The third-order valence-corrected chi connectivity index (χ3v) is 1.89. The quantitative estimate of drug-likeness (QED) is 0.651. The zero-order chi connectivity index (χ0) is 10.6. The molecular formula is C10H11BF3-. The molecule has 0 amide bonds. The molecule has 0 aromatic heterocycles. The molecule has 0 aliphatic heterocycles. The van der Waals surface area contributed by atoms with Crippen LogP contribution >= 0.6 is 0 Å². The van der Waals surface area contributed by atoms with E-state index < -0.39 is 6.98 Å². The van der Waals surface area contributed by atoms with E-state index in [1.165, 1.54) is 0 Å². The van der Waals surface area contributed by atoms with Crippen molar-refractivity contribution in [2.24, 2.45) is 0 Å². The molecule has 0 nitrogen and oxygen atoms in total. The molecule has 0 unspecified atom stereocenters. The summed E-state index contributed by atoms with van der Waals surface area (Å²) in [4.78, 5) is 0. The lowest BCUT2D eigenvalue weighted by molar-refractivity contribution is 0.499. The largest absolute Gasteiger partial charge is 0.502 e. The fraction of sp³-hybridized carbons (Fsp3) is 0.200. The Kier molecular flexibility index (Phi) is 3.39. The van der Waals surface area contributed by atoms with Crippen molar-refractivity contribution in [2.75, 3.05) is 0 Å². The van der Waals surface area contributed by atoms with Gasteiger partial charge in [0.25, 0.3) is 0 Å². The van der Waals surface area contributed by atoms with Crippen LogP contribution in [0.1, 0.15) is 18.1 Å². The first-order valence-corrected chi connectivity index (χ1v) is 4.49. The molecule has 14 heavy (non-hydrogen) atoms. The Balaban J connectivity index is 2.74. The highest BCUT2D eigenvalue weighted by molar-refractivity contribution is 6.64. The lowest BCUT2D eigenvalue weighted by Crippen LogP contribution is -2.09. The summed E-state index contributed by atoms with van der Waals surface area (Å²) in [7, 11) is 0. The molecule has 1 aromatic rings. The monoisotopic (exact) mass is 199 g/mol.